The van der Waals surface area contributed by atoms with Crippen molar-refractivity contribution in [2.45, 2.75) is 0 Å². The van der Waals surface area contributed by atoms with Crippen molar-refractivity contribution >= 4 is 43.4 Å². The zero-order chi connectivity index (χ0) is 36.9. The van der Waals surface area contributed by atoms with Gasteiger partial charge in [-0.2, -0.15) is 10.5 Å². The lowest BCUT2D eigenvalue weighted by atomic mass is 9.83. The number of hydrogen-bond acceptors (Lipinski definition) is 2. The molecule has 1 aromatic heterocycles. The number of rotatable bonds is 5. The summed E-state index contributed by atoms with van der Waals surface area (Å²) in [7, 11) is 0. The zero-order valence-electron chi connectivity index (χ0n) is 29.7. The van der Waals surface area contributed by atoms with Gasteiger partial charge in [-0.05, 0) is 102 Å². The Labute approximate surface area is 318 Å². The van der Waals surface area contributed by atoms with Crippen molar-refractivity contribution in [3.05, 3.63) is 199 Å². The Morgan fingerprint density at radius 3 is 1.53 bits per heavy atom. The van der Waals surface area contributed by atoms with Gasteiger partial charge in [0.05, 0.1) is 33.9 Å². The highest BCUT2D eigenvalue weighted by Crippen LogP contribution is 2.47. The van der Waals surface area contributed by atoms with Crippen molar-refractivity contribution in [3.63, 3.8) is 0 Å². The molecule has 0 saturated carbocycles. The van der Waals surface area contributed by atoms with Gasteiger partial charge < -0.3 is 4.57 Å². The summed E-state index contributed by atoms with van der Waals surface area (Å²) in [5.74, 6) is 0. The highest BCUT2D eigenvalue weighted by Gasteiger charge is 2.21. The summed E-state index contributed by atoms with van der Waals surface area (Å²) in [6.45, 7) is 0. The Balaban J connectivity index is 1.18. The first kappa shape index (κ1) is 32.0. The summed E-state index contributed by atoms with van der Waals surface area (Å²) in [6, 6.07) is 70.4. The van der Waals surface area contributed by atoms with E-state index in [2.05, 4.69) is 168 Å². The maximum atomic E-state index is 10.7. The quantitative estimate of drug-likeness (QED) is 0.168. The lowest BCUT2D eigenvalue weighted by Gasteiger charge is -2.20. The van der Waals surface area contributed by atoms with Crippen molar-refractivity contribution in [1.82, 2.24) is 4.57 Å². The van der Waals surface area contributed by atoms with Gasteiger partial charge >= 0.3 is 0 Å². The molecule has 0 radical (unpaired) electrons. The largest absolute Gasteiger partial charge is 0.308 e. The van der Waals surface area contributed by atoms with Crippen molar-refractivity contribution in [2.75, 3.05) is 0 Å². The summed E-state index contributed by atoms with van der Waals surface area (Å²) in [5, 5.41) is 27.2. The van der Waals surface area contributed by atoms with E-state index in [4.69, 9.17) is 0 Å². The molecule has 0 aliphatic carbocycles. The molecule has 0 fully saturated rings. The normalized spacial score (nSPS) is 11.2. The zero-order valence-corrected chi connectivity index (χ0v) is 29.7. The minimum Gasteiger partial charge on any atom is -0.308 e. The second-order valence-corrected chi connectivity index (χ2v) is 13.8. The van der Waals surface area contributed by atoms with Gasteiger partial charge in [0.15, 0.2) is 0 Å². The molecule has 10 rings (SSSR count). The second-order valence-electron chi connectivity index (χ2n) is 13.8. The van der Waals surface area contributed by atoms with Gasteiger partial charge in [0.2, 0.25) is 0 Å². The van der Waals surface area contributed by atoms with Crippen LogP contribution in [0.2, 0.25) is 0 Å². The molecule has 0 aliphatic rings. The topological polar surface area (TPSA) is 52.5 Å². The number of nitriles is 2. The molecule has 254 valence electrons. The van der Waals surface area contributed by atoms with Crippen LogP contribution >= 0.6 is 0 Å². The van der Waals surface area contributed by atoms with E-state index in [0.717, 1.165) is 55.3 Å². The number of hydrogen-bond donors (Lipinski definition) is 0. The minimum atomic E-state index is 0.570. The predicted octanol–water partition coefficient (Wildman–Crippen LogP) is 13.5. The van der Waals surface area contributed by atoms with Crippen LogP contribution < -0.4 is 0 Å². The van der Waals surface area contributed by atoms with Crippen molar-refractivity contribution < 1.29 is 0 Å². The number of benzene rings is 9. The fraction of sp³-hybridized carbons (Fsp3) is 0. The Hall–Kier alpha value is -7.72. The third kappa shape index (κ3) is 5.11. The molecule has 0 atom stereocenters. The molecule has 1 heterocycles. The van der Waals surface area contributed by atoms with E-state index in [9.17, 15) is 10.5 Å². The Morgan fingerprint density at radius 2 is 0.873 bits per heavy atom. The molecule has 0 spiro atoms. The molecule has 0 N–H and O–H groups in total. The van der Waals surface area contributed by atoms with Crippen molar-refractivity contribution in [3.8, 4) is 62.3 Å². The maximum Gasteiger partial charge on any atom is 0.101 e. The Morgan fingerprint density at radius 1 is 0.345 bits per heavy atom. The van der Waals surface area contributed by atoms with E-state index in [1.165, 1.54) is 38.2 Å². The van der Waals surface area contributed by atoms with Gasteiger partial charge in [-0.3, -0.25) is 0 Å². The van der Waals surface area contributed by atoms with Crippen LogP contribution in [0.5, 0.6) is 0 Å². The molecule has 3 heteroatoms. The number of fused-ring (bicyclic) bond motifs is 5. The number of para-hydroxylation sites is 1. The van der Waals surface area contributed by atoms with Crippen LogP contribution in [0.4, 0.5) is 0 Å². The molecule has 55 heavy (non-hydrogen) atoms. The molecule has 0 aliphatic heterocycles. The van der Waals surface area contributed by atoms with Crippen LogP contribution in [-0.2, 0) is 0 Å². The number of nitrogens with zero attached hydrogens (tertiary/aromatic N) is 3. The lowest BCUT2D eigenvalue weighted by molar-refractivity contribution is 1.17. The SMILES string of the molecule is N#Cc1ccc2c(c1)c1ccccc1n2-c1ccc(-c2ccccc2-c2ccccc2-c2c3ccccc3c(-c3ccccc3)c3ccccc23)cc1C#N. The molecule has 3 nitrogen and oxygen atoms in total. The Bertz CT molecular complexity index is 3170. The van der Waals surface area contributed by atoms with Gasteiger partial charge in [0.1, 0.15) is 6.07 Å². The van der Waals surface area contributed by atoms with Crippen molar-refractivity contribution in [1.29, 1.82) is 10.5 Å². The van der Waals surface area contributed by atoms with Gasteiger partial charge in [0.25, 0.3) is 0 Å². The summed E-state index contributed by atoms with van der Waals surface area (Å²) in [6.07, 6.45) is 0. The minimum absolute atomic E-state index is 0.570. The first-order valence-corrected chi connectivity index (χ1v) is 18.4. The number of aromatic nitrogens is 1. The molecular formula is C52H31N3. The van der Waals surface area contributed by atoms with Crippen LogP contribution in [0, 0.1) is 22.7 Å². The third-order valence-corrected chi connectivity index (χ3v) is 10.9. The van der Waals surface area contributed by atoms with E-state index in [0.29, 0.717) is 11.1 Å². The highest BCUT2D eigenvalue weighted by atomic mass is 15.0. The molecule has 10 aromatic rings. The molecular weight excluding hydrogens is 667 g/mol. The Kier molecular flexibility index (Phi) is 7.58. The predicted molar refractivity (Wildman–Crippen MR) is 227 cm³/mol. The second kappa shape index (κ2) is 13.0. The molecule has 0 saturated heterocycles. The van der Waals surface area contributed by atoms with E-state index in [1.54, 1.807) is 0 Å². The monoisotopic (exact) mass is 697 g/mol. The first-order chi connectivity index (χ1) is 27.2. The van der Waals surface area contributed by atoms with Gasteiger partial charge in [-0.1, -0.05) is 152 Å². The fourth-order valence-electron chi connectivity index (χ4n) is 8.53. The molecule has 9 aromatic carbocycles. The van der Waals surface area contributed by atoms with Crippen LogP contribution in [0.3, 0.4) is 0 Å². The maximum absolute atomic E-state index is 10.7. The third-order valence-electron chi connectivity index (χ3n) is 10.9. The molecule has 0 bridgehead atoms. The van der Waals surface area contributed by atoms with Crippen LogP contribution in [-0.4, -0.2) is 4.57 Å². The van der Waals surface area contributed by atoms with E-state index in [-0.39, 0.29) is 0 Å². The first-order valence-electron chi connectivity index (χ1n) is 18.4. The summed E-state index contributed by atoms with van der Waals surface area (Å²) >= 11 is 0. The standard InChI is InChI=1S/C52H31N3/c53-32-34-26-28-50-47(30-34)41-19-12-13-25-49(41)55(50)48-29-27-36(31-37(48)33-54)38-16-4-5-17-39(38)40-18-6-7-20-42(40)52-45-23-10-8-21-43(45)51(35-14-2-1-3-15-35)44-22-9-11-24-46(44)52/h1-31H. The van der Waals surface area contributed by atoms with E-state index in [1.807, 2.05) is 36.4 Å². The van der Waals surface area contributed by atoms with Crippen LogP contribution in [0.25, 0.3) is 93.5 Å². The van der Waals surface area contributed by atoms with E-state index >= 15 is 0 Å². The lowest BCUT2D eigenvalue weighted by Crippen LogP contribution is -1.98. The summed E-state index contributed by atoms with van der Waals surface area (Å²) in [4.78, 5) is 0. The molecule has 0 unspecified atom stereocenters. The van der Waals surface area contributed by atoms with Gasteiger partial charge in [-0.25, -0.2) is 0 Å². The average molecular weight is 698 g/mol. The average Bonchev–Trinajstić information content (AvgIpc) is 3.59. The van der Waals surface area contributed by atoms with Crippen LogP contribution in [0.1, 0.15) is 11.1 Å². The van der Waals surface area contributed by atoms with Gasteiger partial charge in [0, 0.05) is 10.8 Å². The summed E-state index contributed by atoms with van der Waals surface area (Å²) in [5.41, 5.74) is 13.0. The van der Waals surface area contributed by atoms with E-state index < -0.39 is 0 Å². The van der Waals surface area contributed by atoms with Gasteiger partial charge in [-0.15, -0.1) is 0 Å². The summed E-state index contributed by atoms with van der Waals surface area (Å²) < 4.78 is 2.14. The van der Waals surface area contributed by atoms with Crippen molar-refractivity contribution in [2.24, 2.45) is 0 Å². The fourth-order valence-corrected chi connectivity index (χ4v) is 8.53. The smallest absolute Gasteiger partial charge is 0.101 e. The highest BCUT2D eigenvalue weighted by molar-refractivity contribution is 6.22. The molecule has 0 amide bonds. The van der Waals surface area contributed by atoms with Crippen LogP contribution in [0.15, 0.2) is 188 Å².